The zero-order chi connectivity index (χ0) is 16.6. The number of rotatable bonds is 7. The van der Waals surface area contributed by atoms with Crippen molar-refractivity contribution in [3.8, 4) is 0 Å². The summed E-state index contributed by atoms with van der Waals surface area (Å²) >= 11 is 4.83. The molecule has 0 aliphatic carbocycles. The average molecular weight is 509 g/mol. The summed E-state index contributed by atoms with van der Waals surface area (Å²) < 4.78 is 0.174. The molecule has 0 amide bonds. The molecule has 0 saturated carbocycles. The highest BCUT2D eigenvalue weighted by atomic mass is 127. The van der Waals surface area contributed by atoms with Gasteiger partial charge in [0.25, 0.3) is 0 Å². The monoisotopic (exact) mass is 509 g/mol. The Kier molecular flexibility index (Phi) is 7.34. The fourth-order valence-corrected chi connectivity index (χ4v) is 2.86. The molecule has 2 atom stereocenters. The number of aliphatic hydroxyl groups excluding tert-OH is 1. The van der Waals surface area contributed by atoms with E-state index in [2.05, 4.69) is 101 Å². The van der Waals surface area contributed by atoms with Crippen molar-refractivity contribution >= 4 is 45.2 Å². The topological polar surface area (TPSA) is 46.2 Å². The van der Waals surface area contributed by atoms with Crippen LogP contribution >= 0.6 is 45.2 Å². The molecule has 0 bridgehead atoms. The summed E-state index contributed by atoms with van der Waals surface area (Å²) in [7, 11) is 0. The van der Waals surface area contributed by atoms with Crippen LogP contribution in [-0.4, -0.2) is 24.1 Å². The Hall–Kier alpha value is 1.38. The molecule has 0 aromatic carbocycles. The second-order valence-electron chi connectivity index (χ2n) is 8.42. The molecular formula is C16H33I2NO. The Bertz CT molecular complexity index is 313. The van der Waals surface area contributed by atoms with Crippen LogP contribution in [0.15, 0.2) is 0 Å². The molecule has 0 aliphatic rings. The van der Waals surface area contributed by atoms with Crippen LogP contribution in [0.25, 0.3) is 0 Å². The Balaban J connectivity index is 5.06. The van der Waals surface area contributed by atoms with Gasteiger partial charge in [0.05, 0.1) is 6.10 Å². The van der Waals surface area contributed by atoms with Crippen LogP contribution in [0.3, 0.4) is 0 Å². The number of alkyl halides is 2. The molecule has 20 heavy (non-hydrogen) atoms. The molecule has 0 radical (unpaired) electrons. The molecule has 0 aromatic heterocycles. The first-order chi connectivity index (χ1) is 8.51. The van der Waals surface area contributed by atoms with Gasteiger partial charge in [-0.25, -0.2) is 0 Å². The minimum absolute atomic E-state index is 0.0177. The van der Waals surface area contributed by atoms with Crippen molar-refractivity contribution in [1.29, 1.82) is 0 Å². The highest BCUT2D eigenvalue weighted by molar-refractivity contribution is 14.1. The normalized spacial score (nSPS) is 18.0. The summed E-state index contributed by atoms with van der Waals surface area (Å²) in [5.41, 5.74) is 6.18. The van der Waals surface area contributed by atoms with Crippen molar-refractivity contribution in [1.82, 2.24) is 0 Å². The lowest BCUT2D eigenvalue weighted by molar-refractivity contribution is -0.0501. The van der Waals surface area contributed by atoms with Crippen molar-refractivity contribution < 1.29 is 5.11 Å². The fraction of sp³-hybridized carbons (Fsp3) is 1.00. The van der Waals surface area contributed by atoms with E-state index >= 15 is 0 Å². The first-order valence-corrected chi connectivity index (χ1v) is 9.48. The molecular weight excluding hydrogens is 476 g/mol. The van der Waals surface area contributed by atoms with Crippen molar-refractivity contribution in [2.24, 2.45) is 16.6 Å². The standard InChI is InChI=1S/C16H33I2NO/c1-13(2,9-11(19)16(7,8)18)15(5,6)12(20)10-14(3,4)17/h11-12,20H,9-10,19H2,1-8H3. The third kappa shape index (κ3) is 6.24. The summed E-state index contributed by atoms with van der Waals surface area (Å²) in [6.07, 6.45) is 1.38. The lowest BCUT2D eigenvalue weighted by Crippen LogP contribution is -2.50. The van der Waals surface area contributed by atoms with Crippen molar-refractivity contribution in [3.05, 3.63) is 0 Å². The van der Waals surface area contributed by atoms with E-state index in [9.17, 15) is 5.11 Å². The van der Waals surface area contributed by atoms with Gasteiger partial charge in [0.15, 0.2) is 0 Å². The molecule has 2 nitrogen and oxygen atoms in total. The molecule has 0 fully saturated rings. The Labute approximate surface area is 153 Å². The summed E-state index contributed by atoms with van der Waals surface area (Å²) in [6.45, 7) is 17.5. The summed E-state index contributed by atoms with van der Waals surface area (Å²) in [5.74, 6) is 0. The van der Waals surface area contributed by atoms with Gasteiger partial charge in [-0.3, -0.25) is 0 Å². The van der Waals surface area contributed by atoms with Crippen molar-refractivity contribution in [2.45, 2.75) is 87.2 Å². The van der Waals surface area contributed by atoms with Gasteiger partial charge in [-0.15, -0.1) is 0 Å². The zero-order valence-electron chi connectivity index (χ0n) is 14.3. The predicted octanol–water partition coefficient (Wildman–Crippen LogP) is 4.93. The molecule has 122 valence electrons. The van der Waals surface area contributed by atoms with E-state index < -0.39 is 0 Å². The highest BCUT2D eigenvalue weighted by Crippen LogP contribution is 2.48. The number of nitrogens with two attached hydrogens (primary N) is 1. The molecule has 0 heterocycles. The number of hydrogen-bond acceptors (Lipinski definition) is 2. The first-order valence-electron chi connectivity index (χ1n) is 7.32. The lowest BCUT2D eigenvalue weighted by atomic mass is 9.60. The van der Waals surface area contributed by atoms with Gasteiger partial charge in [-0.1, -0.05) is 86.7 Å². The van der Waals surface area contributed by atoms with E-state index in [1.165, 1.54) is 0 Å². The van der Waals surface area contributed by atoms with Gasteiger partial charge in [-0.05, 0) is 37.5 Å². The molecule has 2 unspecified atom stereocenters. The fourth-order valence-electron chi connectivity index (χ4n) is 2.22. The average Bonchev–Trinajstić information content (AvgIpc) is 2.11. The maximum atomic E-state index is 10.7. The molecule has 4 heteroatoms. The molecule has 0 aliphatic heterocycles. The third-order valence-electron chi connectivity index (χ3n) is 4.87. The SMILES string of the molecule is CC(C)(I)CC(O)C(C)(C)C(C)(C)CC(N)C(C)(C)I. The number of hydrogen-bond donors (Lipinski definition) is 2. The lowest BCUT2D eigenvalue weighted by Gasteiger charge is -2.48. The number of aliphatic hydroxyl groups is 1. The van der Waals surface area contributed by atoms with Gasteiger partial charge in [0, 0.05) is 12.9 Å². The van der Waals surface area contributed by atoms with Crippen LogP contribution in [-0.2, 0) is 0 Å². The van der Waals surface area contributed by atoms with Crippen LogP contribution < -0.4 is 5.73 Å². The first kappa shape index (κ1) is 21.4. The molecule has 0 aromatic rings. The zero-order valence-corrected chi connectivity index (χ0v) is 18.7. The van der Waals surface area contributed by atoms with Crippen LogP contribution in [0.4, 0.5) is 0 Å². The third-order valence-corrected chi connectivity index (χ3v) is 6.11. The number of halogens is 2. The quantitative estimate of drug-likeness (QED) is 0.378. The summed E-state index contributed by atoms with van der Waals surface area (Å²) in [4.78, 5) is 0. The van der Waals surface area contributed by atoms with Gasteiger partial charge in [0.1, 0.15) is 0 Å². The molecule has 3 N–H and O–H groups in total. The van der Waals surface area contributed by atoms with Crippen LogP contribution in [0.1, 0.15) is 68.2 Å². The second kappa shape index (κ2) is 6.87. The summed E-state index contributed by atoms with van der Waals surface area (Å²) in [5, 5.41) is 10.7. The minimum atomic E-state index is -0.325. The van der Waals surface area contributed by atoms with E-state index in [0.717, 1.165) is 12.8 Å². The maximum Gasteiger partial charge on any atom is 0.0608 e. The Morgan fingerprint density at radius 3 is 1.60 bits per heavy atom. The predicted molar refractivity (Wildman–Crippen MR) is 107 cm³/mol. The van der Waals surface area contributed by atoms with Crippen LogP contribution in [0.5, 0.6) is 0 Å². The van der Waals surface area contributed by atoms with Gasteiger partial charge in [0.2, 0.25) is 0 Å². The minimum Gasteiger partial charge on any atom is -0.393 e. The smallest absolute Gasteiger partial charge is 0.0608 e. The largest absolute Gasteiger partial charge is 0.393 e. The Morgan fingerprint density at radius 1 is 0.900 bits per heavy atom. The van der Waals surface area contributed by atoms with Crippen molar-refractivity contribution in [2.75, 3.05) is 0 Å². The van der Waals surface area contributed by atoms with Crippen LogP contribution in [0.2, 0.25) is 0 Å². The van der Waals surface area contributed by atoms with E-state index in [1.807, 2.05) is 0 Å². The maximum absolute atomic E-state index is 10.7. The van der Waals surface area contributed by atoms with E-state index in [4.69, 9.17) is 5.73 Å². The van der Waals surface area contributed by atoms with Gasteiger partial charge in [-0.2, -0.15) is 0 Å². The highest BCUT2D eigenvalue weighted by Gasteiger charge is 2.45. The van der Waals surface area contributed by atoms with E-state index in [-0.39, 0.29) is 29.8 Å². The summed E-state index contributed by atoms with van der Waals surface area (Å²) in [6, 6.07) is 0.122. The van der Waals surface area contributed by atoms with E-state index in [1.54, 1.807) is 0 Å². The van der Waals surface area contributed by atoms with E-state index in [0.29, 0.717) is 0 Å². The molecule has 0 rings (SSSR count). The molecule has 0 saturated heterocycles. The second-order valence-corrected chi connectivity index (χ2v) is 14.1. The Morgan fingerprint density at radius 2 is 1.30 bits per heavy atom. The van der Waals surface area contributed by atoms with Crippen LogP contribution in [0, 0.1) is 10.8 Å². The molecule has 0 spiro atoms. The van der Waals surface area contributed by atoms with Crippen molar-refractivity contribution in [3.63, 3.8) is 0 Å². The van der Waals surface area contributed by atoms with Gasteiger partial charge >= 0.3 is 0 Å². The van der Waals surface area contributed by atoms with Gasteiger partial charge < -0.3 is 10.8 Å².